The molecular formula is C28H26N10O. The molecule has 11 heteroatoms. The van der Waals surface area contributed by atoms with E-state index in [-0.39, 0.29) is 5.56 Å². The van der Waals surface area contributed by atoms with Crippen molar-refractivity contribution in [3.05, 3.63) is 83.5 Å². The maximum absolute atomic E-state index is 13.7. The molecule has 0 aliphatic carbocycles. The van der Waals surface area contributed by atoms with Crippen LogP contribution in [0.25, 0.3) is 33.5 Å². The van der Waals surface area contributed by atoms with Crippen LogP contribution in [0, 0.1) is 0 Å². The van der Waals surface area contributed by atoms with E-state index in [1.165, 1.54) is 16.4 Å². The van der Waals surface area contributed by atoms with Gasteiger partial charge in [-0.05, 0) is 56.4 Å². The highest BCUT2D eigenvalue weighted by atomic mass is 16.1. The number of hydrogen-bond acceptors (Lipinski definition) is 9. The second-order valence-corrected chi connectivity index (χ2v) is 9.81. The zero-order valence-electron chi connectivity index (χ0n) is 21.6. The van der Waals surface area contributed by atoms with Crippen molar-refractivity contribution in [2.45, 2.75) is 13.0 Å². The third-order valence-corrected chi connectivity index (χ3v) is 7.37. The van der Waals surface area contributed by atoms with E-state index >= 15 is 0 Å². The molecule has 0 amide bonds. The molecule has 0 bridgehead atoms. The Kier molecular flexibility index (Phi) is 5.44. The molecular weight excluding hydrogens is 492 g/mol. The first-order valence-electron chi connectivity index (χ1n) is 12.9. The number of fused-ring (bicyclic) bond motifs is 4. The summed E-state index contributed by atoms with van der Waals surface area (Å²) in [5.74, 6) is 0.746. The fraction of sp³-hybridized carbons (Fsp3) is 0.214. The van der Waals surface area contributed by atoms with Crippen LogP contribution in [0.5, 0.6) is 0 Å². The zero-order valence-corrected chi connectivity index (χ0v) is 21.6. The average Bonchev–Trinajstić information content (AvgIpc) is 3.30. The summed E-state index contributed by atoms with van der Waals surface area (Å²) in [5.41, 5.74) is 3.32. The molecule has 0 unspecified atom stereocenters. The summed E-state index contributed by atoms with van der Waals surface area (Å²) in [6, 6.07) is 18.1. The predicted octanol–water partition coefficient (Wildman–Crippen LogP) is 3.26. The molecule has 4 aromatic heterocycles. The Morgan fingerprint density at radius 1 is 0.897 bits per heavy atom. The van der Waals surface area contributed by atoms with E-state index in [4.69, 9.17) is 4.98 Å². The first-order chi connectivity index (χ1) is 19.1. The minimum Gasteiger partial charge on any atom is -0.369 e. The fourth-order valence-corrected chi connectivity index (χ4v) is 5.11. The van der Waals surface area contributed by atoms with E-state index in [9.17, 15) is 4.79 Å². The molecule has 1 aliphatic heterocycles. The lowest BCUT2D eigenvalue weighted by Crippen LogP contribution is -2.50. The number of aromatic nitrogens is 7. The van der Waals surface area contributed by atoms with E-state index in [1.54, 1.807) is 23.1 Å². The van der Waals surface area contributed by atoms with Crippen LogP contribution in [0.3, 0.4) is 0 Å². The number of para-hydroxylation sites is 1. The van der Waals surface area contributed by atoms with Crippen LogP contribution in [-0.4, -0.2) is 71.7 Å². The molecule has 1 fully saturated rings. The summed E-state index contributed by atoms with van der Waals surface area (Å²) < 4.78 is 3.16. The molecule has 0 saturated carbocycles. The lowest BCUT2D eigenvalue weighted by molar-refractivity contribution is 0.234. The Morgan fingerprint density at radius 3 is 2.49 bits per heavy atom. The number of nitrogens with zero attached hydrogens (tertiary/aromatic N) is 9. The lowest BCUT2D eigenvalue weighted by Gasteiger charge is -2.39. The van der Waals surface area contributed by atoms with Crippen molar-refractivity contribution in [2.75, 3.05) is 36.9 Å². The van der Waals surface area contributed by atoms with Crippen molar-refractivity contribution in [1.29, 1.82) is 0 Å². The van der Waals surface area contributed by atoms with Crippen LogP contribution >= 0.6 is 0 Å². The van der Waals surface area contributed by atoms with Gasteiger partial charge in [-0.2, -0.15) is 9.50 Å². The number of rotatable bonds is 4. The zero-order chi connectivity index (χ0) is 26.5. The first kappa shape index (κ1) is 23.2. The van der Waals surface area contributed by atoms with Gasteiger partial charge in [-0.3, -0.25) is 4.79 Å². The van der Waals surface area contributed by atoms with Crippen molar-refractivity contribution in [3.8, 4) is 5.95 Å². The lowest BCUT2D eigenvalue weighted by atomic mass is 10.1. The SMILES string of the molecule is C[C@@H]1CN(c2ccc(Nc3ncc4c(=O)n5c(nc4n3)c3ccccc3n5-c3ncccn3)cc2)CCN1C. The average molecular weight is 519 g/mol. The third kappa shape index (κ3) is 3.94. The molecule has 6 aromatic rings. The van der Waals surface area contributed by atoms with Gasteiger partial charge >= 0.3 is 0 Å². The molecule has 39 heavy (non-hydrogen) atoms. The Hall–Kier alpha value is -4.90. The first-order valence-corrected chi connectivity index (χ1v) is 12.9. The Morgan fingerprint density at radius 2 is 1.69 bits per heavy atom. The normalized spacial score (nSPS) is 16.4. The molecule has 5 heterocycles. The highest BCUT2D eigenvalue weighted by Crippen LogP contribution is 2.25. The standard InChI is InChI=1S/C28H26N10O/c1-18-17-36(15-14-35(18)2)20-10-8-19(9-11-20)32-27-31-16-22-24(34-27)33-25-21-6-3-4-7-23(21)37(38(25)26(22)39)28-29-12-5-13-30-28/h3-13,16,18H,14-15,17H2,1-2H3,(H,31,32,34)/t18-/m1/s1. The van der Waals surface area contributed by atoms with Gasteiger partial charge in [0.05, 0.1) is 5.52 Å². The summed E-state index contributed by atoms with van der Waals surface area (Å²) in [5, 5.41) is 4.36. The van der Waals surface area contributed by atoms with Gasteiger partial charge in [0, 0.05) is 61.0 Å². The summed E-state index contributed by atoms with van der Waals surface area (Å²) in [7, 11) is 2.17. The molecule has 1 saturated heterocycles. The highest BCUT2D eigenvalue weighted by Gasteiger charge is 2.21. The topological polar surface area (TPSA) is 109 Å². The Bertz CT molecular complexity index is 1880. The highest BCUT2D eigenvalue weighted by molar-refractivity contribution is 5.95. The van der Waals surface area contributed by atoms with Gasteiger partial charge in [-0.15, -0.1) is 0 Å². The Balaban J connectivity index is 1.26. The van der Waals surface area contributed by atoms with Crippen LogP contribution in [-0.2, 0) is 0 Å². The second-order valence-electron chi connectivity index (χ2n) is 9.81. The number of nitrogens with one attached hydrogen (secondary N) is 1. The smallest absolute Gasteiger partial charge is 0.284 e. The summed E-state index contributed by atoms with van der Waals surface area (Å²) in [6.45, 7) is 5.30. The summed E-state index contributed by atoms with van der Waals surface area (Å²) in [4.78, 5) is 41.0. The molecule has 1 aliphatic rings. The van der Waals surface area contributed by atoms with E-state index in [1.807, 2.05) is 36.4 Å². The number of likely N-dealkylation sites (N-methyl/N-ethyl adjacent to an activating group) is 1. The van der Waals surface area contributed by atoms with Gasteiger partial charge in [0.15, 0.2) is 11.3 Å². The third-order valence-electron chi connectivity index (χ3n) is 7.37. The van der Waals surface area contributed by atoms with Crippen molar-refractivity contribution < 1.29 is 0 Å². The van der Waals surface area contributed by atoms with Crippen molar-refractivity contribution >= 4 is 44.9 Å². The summed E-state index contributed by atoms with van der Waals surface area (Å²) >= 11 is 0. The maximum Gasteiger partial charge on any atom is 0.284 e. The molecule has 1 atom stereocenters. The van der Waals surface area contributed by atoms with Crippen LogP contribution in [0.1, 0.15) is 6.92 Å². The monoisotopic (exact) mass is 518 g/mol. The molecule has 1 N–H and O–H groups in total. The van der Waals surface area contributed by atoms with Crippen LogP contribution in [0.15, 0.2) is 78.0 Å². The van der Waals surface area contributed by atoms with Gasteiger partial charge < -0.3 is 15.1 Å². The van der Waals surface area contributed by atoms with Gasteiger partial charge in [-0.25, -0.2) is 24.6 Å². The van der Waals surface area contributed by atoms with Crippen molar-refractivity contribution in [1.82, 2.24) is 39.0 Å². The van der Waals surface area contributed by atoms with E-state index in [0.717, 1.165) is 36.2 Å². The maximum atomic E-state index is 13.7. The minimum absolute atomic E-state index is 0.295. The fourth-order valence-electron chi connectivity index (χ4n) is 5.11. The molecule has 0 spiro atoms. The Labute approximate surface area is 223 Å². The molecule has 11 nitrogen and oxygen atoms in total. The quantitative estimate of drug-likeness (QED) is 0.376. The molecule has 0 radical (unpaired) electrons. The minimum atomic E-state index is -0.295. The van der Waals surface area contributed by atoms with Crippen LogP contribution in [0.4, 0.5) is 17.3 Å². The van der Waals surface area contributed by atoms with Crippen molar-refractivity contribution in [3.63, 3.8) is 0 Å². The van der Waals surface area contributed by atoms with Gasteiger partial charge in [-0.1, -0.05) is 12.1 Å². The van der Waals surface area contributed by atoms with Gasteiger partial charge in [0.1, 0.15) is 5.39 Å². The van der Waals surface area contributed by atoms with Crippen LogP contribution in [0.2, 0.25) is 0 Å². The van der Waals surface area contributed by atoms with E-state index < -0.39 is 0 Å². The number of piperazine rings is 1. The van der Waals surface area contributed by atoms with E-state index in [2.05, 4.69) is 61.2 Å². The van der Waals surface area contributed by atoms with Crippen LogP contribution < -0.4 is 15.8 Å². The number of hydrogen-bond donors (Lipinski definition) is 1. The molecule has 2 aromatic carbocycles. The van der Waals surface area contributed by atoms with Crippen molar-refractivity contribution in [2.24, 2.45) is 0 Å². The summed E-state index contributed by atoms with van der Waals surface area (Å²) in [6.07, 6.45) is 4.80. The largest absolute Gasteiger partial charge is 0.369 e. The van der Waals surface area contributed by atoms with Gasteiger partial charge in [0.2, 0.25) is 11.9 Å². The number of anilines is 3. The predicted molar refractivity (Wildman–Crippen MR) is 151 cm³/mol. The number of benzene rings is 2. The van der Waals surface area contributed by atoms with E-state index in [0.29, 0.717) is 34.6 Å². The molecule has 7 rings (SSSR count). The second kappa shape index (κ2) is 9.14. The molecule has 194 valence electrons. The van der Waals surface area contributed by atoms with Gasteiger partial charge in [0.25, 0.3) is 5.56 Å².